The first-order valence-corrected chi connectivity index (χ1v) is 34.0. The SMILES string of the molecule is CCCCC(C)(OC(=O)C1CC(C)CCC1C(=O)OCC(O)Cn1c(=O)n(CC2CO2)c(=O)n(CC2CO2)c1=O)C(O)Cn1c(=O)n(CC(O)COC(=O)C2CCC(C)CC2C(=O)OC(C)(CCC)C(O)Cn2c(=O)n(CC3CO3)c(=O)n(CC3CO3)c2=O)c(=O)n(CC2CO2)c1=O. The number of carbonyl (C=O) groups is 4. The van der Waals surface area contributed by atoms with Crippen LogP contribution in [-0.2, 0) is 121 Å². The summed E-state index contributed by atoms with van der Waals surface area (Å²) in [6, 6.07) is 0. The highest BCUT2D eigenvalue weighted by Crippen LogP contribution is 2.39. The fourth-order valence-electron chi connectivity index (χ4n) is 13.2. The average molecular weight is 1390 g/mol. The van der Waals surface area contributed by atoms with Gasteiger partial charge in [0.2, 0.25) is 0 Å². The standard InChI is InChI=1S/C63H91N9O26/c1-7-9-15-63(6,98-52(80)46-17-35(4)11-13-44(46)50(78)95-27-36(73)18-64-53(81)66(20-38-29-90-38)57(85)67(54(64)82)21-39-30-91-39)48(76)26-71-56(84)65(55(83)68(59(71)87)22-40-31-92-40)19-37(74)28-96-49(77)43-12-10-34(3)16-45(43)51(79)97-62(5,14-8-2)47(75)25-72-60(88)69(23-41-32-93-41)58(86)70(61(72)89)24-42-33-94-42/h34-48,73-76H,7-33H2,1-6H3. The van der Waals surface area contributed by atoms with Crippen LogP contribution in [0.5, 0.6) is 0 Å². The third-order valence-corrected chi connectivity index (χ3v) is 19.7. The highest BCUT2D eigenvalue weighted by molar-refractivity contribution is 5.83. The summed E-state index contributed by atoms with van der Waals surface area (Å²) in [5.74, 6) is -8.52. The molecule has 7 fully saturated rings. The Morgan fingerprint density at radius 2 is 0.684 bits per heavy atom. The van der Waals surface area contributed by atoms with Crippen LogP contribution in [0, 0.1) is 35.5 Å². The lowest BCUT2D eigenvalue weighted by molar-refractivity contribution is -0.186. The van der Waals surface area contributed by atoms with E-state index in [-0.39, 0.29) is 89.7 Å². The van der Waals surface area contributed by atoms with Gasteiger partial charge in [-0.25, -0.2) is 84.3 Å². The number of esters is 4. The number of aliphatic hydroxyl groups excluding tert-OH is 4. The molecule has 544 valence electrons. The van der Waals surface area contributed by atoms with Crippen LogP contribution in [0.1, 0.15) is 112 Å². The molecule has 5 saturated heterocycles. The molecule has 35 nitrogen and oxygen atoms in total. The Bertz CT molecular complexity index is 3900. The largest absolute Gasteiger partial charge is 0.463 e. The van der Waals surface area contributed by atoms with Crippen LogP contribution in [0.15, 0.2) is 43.2 Å². The van der Waals surface area contributed by atoms with Gasteiger partial charge in [0.15, 0.2) is 0 Å². The molecule has 8 heterocycles. The number of nitrogens with zero attached hydrogens (tertiary/aromatic N) is 9. The van der Waals surface area contributed by atoms with E-state index >= 15 is 0 Å². The first-order valence-electron chi connectivity index (χ1n) is 34.0. The fourth-order valence-corrected chi connectivity index (χ4v) is 13.2. The minimum absolute atomic E-state index is 0.0284. The van der Waals surface area contributed by atoms with Crippen molar-refractivity contribution in [1.29, 1.82) is 0 Å². The molecule has 2 aliphatic carbocycles. The van der Waals surface area contributed by atoms with E-state index in [1.54, 1.807) is 6.92 Å². The molecule has 2 saturated carbocycles. The second-order valence-electron chi connectivity index (χ2n) is 28.0. The van der Waals surface area contributed by atoms with Gasteiger partial charge in [0.25, 0.3) is 0 Å². The van der Waals surface area contributed by atoms with Crippen molar-refractivity contribution in [3.63, 3.8) is 0 Å². The Hall–Kier alpha value is -7.25. The highest BCUT2D eigenvalue weighted by atomic mass is 16.6. The molecule has 35 heteroatoms. The van der Waals surface area contributed by atoms with Crippen molar-refractivity contribution in [1.82, 2.24) is 41.1 Å². The van der Waals surface area contributed by atoms with Gasteiger partial charge < -0.3 is 63.1 Å². The molecule has 3 aromatic heterocycles. The van der Waals surface area contributed by atoms with Gasteiger partial charge in [0, 0.05) is 0 Å². The van der Waals surface area contributed by atoms with Gasteiger partial charge in [0.05, 0.1) is 146 Å². The third kappa shape index (κ3) is 17.3. The molecule has 10 rings (SSSR count). The zero-order valence-corrected chi connectivity index (χ0v) is 56.0. The Morgan fingerprint density at radius 3 is 0.969 bits per heavy atom. The van der Waals surface area contributed by atoms with Crippen LogP contribution in [-0.4, -0.2) is 198 Å². The van der Waals surface area contributed by atoms with Crippen LogP contribution in [0.25, 0.3) is 0 Å². The van der Waals surface area contributed by atoms with Gasteiger partial charge in [-0.15, -0.1) is 0 Å². The summed E-state index contributed by atoms with van der Waals surface area (Å²) in [5.41, 5.74) is -13.0. The van der Waals surface area contributed by atoms with Gasteiger partial charge >= 0.3 is 75.1 Å². The molecular weight excluding hydrogens is 1300 g/mol. The predicted molar refractivity (Wildman–Crippen MR) is 336 cm³/mol. The van der Waals surface area contributed by atoms with Crippen LogP contribution >= 0.6 is 0 Å². The number of aliphatic hydroxyl groups is 4. The molecule has 17 atom stereocenters. The topological polar surface area (TPSA) is 447 Å². The van der Waals surface area contributed by atoms with Crippen molar-refractivity contribution in [2.24, 2.45) is 35.5 Å². The zero-order chi connectivity index (χ0) is 70.8. The highest BCUT2D eigenvalue weighted by Gasteiger charge is 2.48. The summed E-state index contributed by atoms with van der Waals surface area (Å²) in [6.45, 7) is 5.93. The van der Waals surface area contributed by atoms with Crippen molar-refractivity contribution in [2.45, 2.75) is 237 Å². The van der Waals surface area contributed by atoms with Gasteiger partial charge in [0.1, 0.15) is 48.8 Å². The number of hydrogen-bond donors (Lipinski definition) is 4. The molecule has 0 radical (unpaired) electrons. The molecule has 98 heavy (non-hydrogen) atoms. The number of hydrogen-bond acceptors (Lipinski definition) is 26. The molecule has 4 N–H and O–H groups in total. The number of ether oxygens (including phenoxy) is 9. The molecule has 3 aromatic rings. The summed E-state index contributed by atoms with van der Waals surface area (Å²) in [7, 11) is 0. The number of rotatable bonds is 35. The molecular formula is C63H91N9O26. The Kier molecular flexibility index (Phi) is 23.0. The van der Waals surface area contributed by atoms with E-state index in [1.807, 2.05) is 20.8 Å². The zero-order valence-electron chi connectivity index (χ0n) is 56.0. The molecule has 0 amide bonds. The number of epoxide rings is 5. The van der Waals surface area contributed by atoms with Crippen LogP contribution in [0.3, 0.4) is 0 Å². The minimum Gasteiger partial charge on any atom is -0.463 e. The predicted octanol–water partition coefficient (Wildman–Crippen LogP) is -4.23. The smallest absolute Gasteiger partial charge is 0.336 e. The Morgan fingerprint density at radius 1 is 0.408 bits per heavy atom. The first-order chi connectivity index (χ1) is 46.5. The van der Waals surface area contributed by atoms with E-state index in [1.165, 1.54) is 13.8 Å². The lowest BCUT2D eigenvalue weighted by Gasteiger charge is -2.38. The lowest BCUT2D eigenvalue weighted by Crippen LogP contribution is -2.58. The normalized spacial score (nSPS) is 27.1. The van der Waals surface area contributed by atoms with Crippen molar-refractivity contribution in [3.05, 3.63) is 94.4 Å². The van der Waals surface area contributed by atoms with E-state index in [0.717, 1.165) is 18.3 Å². The maximum atomic E-state index is 14.5. The molecule has 17 unspecified atom stereocenters. The average Bonchev–Trinajstić information content (AvgIpc) is 1.40. The lowest BCUT2D eigenvalue weighted by atomic mass is 9.74. The molecule has 0 aromatic carbocycles. The van der Waals surface area contributed by atoms with E-state index in [4.69, 9.17) is 42.6 Å². The van der Waals surface area contributed by atoms with Crippen molar-refractivity contribution in [2.75, 3.05) is 46.2 Å². The van der Waals surface area contributed by atoms with Crippen LogP contribution in [0.2, 0.25) is 0 Å². The van der Waals surface area contributed by atoms with Crippen LogP contribution < -0.4 is 51.2 Å². The molecule has 7 aliphatic rings. The molecule has 5 aliphatic heterocycles. The number of carbonyl (C=O) groups excluding carboxylic acids is 4. The monoisotopic (exact) mass is 1390 g/mol. The Balaban J connectivity index is 0.801. The maximum Gasteiger partial charge on any atom is 0.336 e. The van der Waals surface area contributed by atoms with Gasteiger partial charge in [-0.1, -0.05) is 40.5 Å². The van der Waals surface area contributed by atoms with Crippen LogP contribution in [0.4, 0.5) is 0 Å². The summed E-state index contributed by atoms with van der Waals surface area (Å²) in [4.78, 5) is 181. The summed E-state index contributed by atoms with van der Waals surface area (Å²) < 4.78 is 56.1. The number of unbranched alkanes of at least 4 members (excludes halogenated alkanes) is 1. The maximum absolute atomic E-state index is 14.5. The Labute approximate surface area is 558 Å². The minimum atomic E-state index is -1.87. The van der Waals surface area contributed by atoms with Gasteiger partial charge in [-0.05, 0) is 83.5 Å². The van der Waals surface area contributed by atoms with E-state index in [2.05, 4.69) is 0 Å². The second-order valence-corrected chi connectivity index (χ2v) is 28.0. The quantitative estimate of drug-likeness (QED) is 0.0246. The van der Waals surface area contributed by atoms with Gasteiger partial charge in [-0.2, -0.15) is 0 Å². The van der Waals surface area contributed by atoms with Crippen molar-refractivity contribution >= 4 is 23.9 Å². The van der Waals surface area contributed by atoms with E-state index in [9.17, 15) is 82.8 Å². The van der Waals surface area contributed by atoms with Crippen molar-refractivity contribution in [3.8, 4) is 0 Å². The van der Waals surface area contributed by atoms with E-state index < -0.39 is 204 Å². The third-order valence-electron chi connectivity index (χ3n) is 19.7. The fraction of sp³-hybridized carbons (Fsp3) is 0.794. The number of aromatic nitrogens is 9. The second kappa shape index (κ2) is 30.7. The van der Waals surface area contributed by atoms with Crippen molar-refractivity contribution < 1.29 is 82.2 Å². The summed E-state index contributed by atoms with van der Waals surface area (Å²) in [6.07, 6.45) is -6.67. The summed E-state index contributed by atoms with van der Waals surface area (Å²) in [5, 5.41) is 46.6. The molecule has 0 spiro atoms. The first kappa shape index (κ1) is 73.5. The summed E-state index contributed by atoms with van der Waals surface area (Å²) >= 11 is 0. The van der Waals surface area contributed by atoms with Gasteiger partial charge in [-0.3, -0.25) is 19.2 Å². The molecule has 0 bridgehead atoms. The van der Waals surface area contributed by atoms with E-state index in [0.29, 0.717) is 81.4 Å².